The second kappa shape index (κ2) is 30.6. The third kappa shape index (κ3) is 38.9. The first-order valence-electron chi connectivity index (χ1n) is 13.8. The standard InChI is InChI=1S/C12H18.C8H18.C4H14OSi2.C4H10.3CH4.2H2/c1-4-10-7-8-11(5-2)12(6-3)9-10;1-7(2)5-6-8(3)4;1-6(2)5-7(3)4;1-4(2)3;;;;;/h4-6,10-12H,1-3,7-9H2;7-8H,5-6H2,1-4H3;6-7H,1-4H3;4H,1-3H3;3*1H4;2*1H/i;;;;;;;1+2T;1+2. The van der Waals surface area contributed by atoms with Gasteiger partial charge in [0.1, 0.15) is 0 Å². The second-order valence-corrected chi connectivity index (χ2v) is 16.2. The molecule has 0 aromatic rings. The van der Waals surface area contributed by atoms with E-state index in [1.165, 1.54) is 32.1 Å². The Kier molecular flexibility index (Phi) is 39.4. The predicted octanol–water partition coefficient (Wildman–Crippen LogP) is 11.7. The van der Waals surface area contributed by atoms with Crippen molar-refractivity contribution >= 4 is 18.1 Å². The van der Waals surface area contributed by atoms with E-state index in [0.717, 1.165) is 17.8 Å². The zero-order valence-electron chi connectivity index (χ0n) is 25.4. The van der Waals surface area contributed by atoms with Gasteiger partial charge in [-0.15, -0.1) is 19.7 Å². The fourth-order valence-electron chi connectivity index (χ4n) is 3.25. The van der Waals surface area contributed by atoms with Crippen LogP contribution in [-0.4, -0.2) is 18.1 Å². The fraction of sp³-hybridized carbons (Fsp3) is 0.806. The van der Waals surface area contributed by atoms with E-state index in [1.54, 1.807) is 0 Å². The van der Waals surface area contributed by atoms with Crippen molar-refractivity contribution in [3.63, 3.8) is 0 Å². The maximum Gasteiger partial charge on any atom is 0.156 e. The summed E-state index contributed by atoms with van der Waals surface area (Å²) in [5.74, 6) is 4.58. The molecule has 0 N–H and O–H groups in total. The summed E-state index contributed by atoms with van der Waals surface area (Å²) in [4.78, 5) is 0. The molecule has 0 bridgehead atoms. The molecule has 1 rings (SSSR count). The molecule has 0 aromatic heterocycles. The Bertz CT molecular complexity index is 412. The van der Waals surface area contributed by atoms with Gasteiger partial charge in [0.2, 0.25) is 0 Å². The second-order valence-electron chi connectivity index (χ2n) is 10.9. The molecule has 0 amide bonds. The van der Waals surface area contributed by atoms with Crippen molar-refractivity contribution in [2.24, 2.45) is 35.5 Å². The summed E-state index contributed by atoms with van der Waals surface area (Å²) in [5, 5.41) is 0. The number of rotatable bonds is 8. The lowest BCUT2D eigenvalue weighted by Crippen LogP contribution is -2.20. The van der Waals surface area contributed by atoms with Crippen LogP contribution in [0.5, 0.6) is 0 Å². The third-order valence-electron chi connectivity index (χ3n) is 4.80. The minimum atomic E-state index is -0.667. The lowest BCUT2D eigenvalue weighted by molar-refractivity contribution is 0.288. The molecule has 1 saturated carbocycles. The van der Waals surface area contributed by atoms with Gasteiger partial charge in [-0.1, -0.05) is 102 Å². The van der Waals surface area contributed by atoms with Crippen molar-refractivity contribution in [1.82, 2.24) is 0 Å². The highest BCUT2D eigenvalue weighted by Crippen LogP contribution is 2.35. The summed E-state index contributed by atoms with van der Waals surface area (Å²) in [6.07, 6.45) is 12.7. The van der Waals surface area contributed by atoms with Gasteiger partial charge in [-0.3, -0.25) is 0 Å². The summed E-state index contributed by atoms with van der Waals surface area (Å²) in [6, 6.07) is 0. The van der Waals surface area contributed by atoms with Crippen LogP contribution >= 0.6 is 0 Å². The van der Waals surface area contributed by atoms with Gasteiger partial charge in [-0.2, -0.15) is 0 Å². The topological polar surface area (TPSA) is 9.23 Å². The molecule has 1 aliphatic carbocycles. The van der Waals surface area contributed by atoms with E-state index < -0.39 is 18.1 Å². The van der Waals surface area contributed by atoms with E-state index in [0.29, 0.717) is 17.8 Å². The van der Waals surface area contributed by atoms with Crippen molar-refractivity contribution < 1.29 is 8.51 Å². The summed E-state index contributed by atoms with van der Waals surface area (Å²) in [6.45, 7) is 36.1. The SMILES string of the molecule is C.C.C.C=CC1CCC(C=C)C(C=C)C1.CC(C)C.CC(C)CCC(C)C.C[SiH](C)O[SiH](C)C.[3HH].[3H][3H]. The van der Waals surface area contributed by atoms with Crippen LogP contribution in [-0.2, 0) is 4.12 Å². The summed E-state index contributed by atoms with van der Waals surface area (Å²) >= 11 is 0. The number of hydrogen-bond donors (Lipinski definition) is 0. The highest BCUT2D eigenvalue weighted by Gasteiger charge is 2.24. The van der Waals surface area contributed by atoms with Gasteiger partial charge < -0.3 is 4.12 Å². The Morgan fingerprint density at radius 2 is 1.09 bits per heavy atom. The molecule has 214 valence electrons. The Hall–Kier alpha value is -0.386. The van der Waals surface area contributed by atoms with Crippen molar-refractivity contribution in [1.29, 1.82) is 0 Å². The van der Waals surface area contributed by atoms with Gasteiger partial charge in [0, 0.05) is 4.40 Å². The fourth-order valence-corrected chi connectivity index (χ4v) is 7.61. The summed E-state index contributed by atoms with van der Waals surface area (Å²) < 4.78 is 15.5. The minimum Gasteiger partial charge on any atom is -0.461 e. The van der Waals surface area contributed by atoms with Gasteiger partial charge in [-0.05, 0) is 81.0 Å². The summed E-state index contributed by atoms with van der Waals surface area (Å²) in [7, 11) is -1.33. The van der Waals surface area contributed by atoms with Gasteiger partial charge in [0.05, 0.1) is 0 Å². The first-order chi connectivity index (χ1) is 15.3. The minimum absolute atomic E-state index is 0. The first kappa shape index (κ1) is 43.7. The van der Waals surface area contributed by atoms with Crippen molar-refractivity contribution in [2.75, 3.05) is 0 Å². The van der Waals surface area contributed by atoms with Crippen LogP contribution in [0.3, 0.4) is 0 Å². The van der Waals surface area contributed by atoms with Crippen LogP contribution in [0.4, 0.5) is 0 Å². The van der Waals surface area contributed by atoms with E-state index in [1.807, 2.05) is 0 Å². The molecular weight excluding hydrogens is 445 g/mol. The van der Waals surface area contributed by atoms with E-state index in [2.05, 4.69) is 113 Å². The normalized spacial score (nSPS) is 18.8. The smallest absolute Gasteiger partial charge is 0.156 e. The molecule has 1 nitrogen and oxygen atoms in total. The monoisotopic (exact) mass is 527 g/mol. The van der Waals surface area contributed by atoms with Gasteiger partial charge >= 0.3 is 0 Å². The molecular formula is C31H76OSi2. The Morgan fingerprint density at radius 1 is 0.735 bits per heavy atom. The third-order valence-corrected chi connectivity index (χ3v) is 9.15. The molecule has 3 unspecified atom stereocenters. The van der Waals surface area contributed by atoms with Crippen LogP contribution in [0, 0.1) is 35.5 Å². The molecule has 34 heavy (non-hydrogen) atoms. The Balaban J connectivity index is -0.0000000503. The average molecular weight is 527 g/mol. The van der Waals surface area contributed by atoms with E-state index in [9.17, 15) is 0 Å². The van der Waals surface area contributed by atoms with E-state index in [4.69, 9.17) is 7.08 Å². The maximum absolute atomic E-state index is 5.53. The van der Waals surface area contributed by atoms with Gasteiger partial charge in [-0.25, -0.2) is 0 Å². The number of allylic oxidation sites excluding steroid dienone is 3. The summed E-state index contributed by atoms with van der Waals surface area (Å²) in [5.41, 5.74) is 0. The van der Waals surface area contributed by atoms with Crippen LogP contribution in [0.2, 0.25) is 26.2 Å². The molecule has 3 atom stereocenters. The predicted molar refractivity (Wildman–Crippen MR) is 178 cm³/mol. The zero-order valence-corrected chi connectivity index (χ0v) is 25.7. The average Bonchev–Trinajstić information content (AvgIpc) is 2.72. The molecule has 0 saturated heterocycles. The highest BCUT2D eigenvalue weighted by molar-refractivity contribution is 6.63. The molecule has 1 fully saturated rings. The molecule has 0 aromatic carbocycles. The maximum atomic E-state index is 5.53. The molecule has 0 radical (unpaired) electrons. The largest absolute Gasteiger partial charge is 0.461 e. The molecule has 3 heteroatoms. The lowest BCUT2D eigenvalue weighted by atomic mass is 9.74. The zero-order chi connectivity index (χ0) is 27.0. The molecule has 1 aliphatic rings. The molecule has 0 aliphatic heterocycles. The van der Waals surface area contributed by atoms with Crippen LogP contribution in [0.15, 0.2) is 38.0 Å². The molecule has 0 heterocycles. The first-order valence-corrected chi connectivity index (χ1v) is 18.4. The lowest BCUT2D eigenvalue weighted by Gasteiger charge is -2.31. The van der Waals surface area contributed by atoms with E-state index in [-0.39, 0.29) is 23.7 Å². The van der Waals surface area contributed by atoms with Crippen molar-refractivity contribution in [2.45, 2.75) is 129 Å². The quantitative estimate of drug-likeness (QED) is 0.225. The van der Waals surface area contributed by atoms with Crippen LogP contribution in [0.25, 0.3) is 0 Å². The van der Waals surface area contributed by atoms with Gasteiger partial charge in [0.25, 0.3) is 0 Å². The number of hydrogen-bond acceptors (Lipinski definition) is 1. The van der Waals surface area contributed by atoms with Crippen LogP contribution in [0.1, 0.15) is 107 Å². The van der Waals surface area contributed by atoms with Crippen molar-refractivity contribution in [3.05, 3.63) is 38.0 Å². The Labute approximate surface area is 229 Å². The van der Waals surface area contributed by atoms with Gasteiger partial charge in [0.15, 0.2) is 18.1 Å². The van der Waals surface area contributed by atoms with Crippen molar-refractivity contribution in [3.8, 4) is 0 Å². The highest BCUT2D eigenvalue weighted by atomic mass is 28.4. The van der Waals surface area contributed by atoms with Crippen LogP contribution < -0.4 is 0 Å². The molecule has 0 spiro atoms. The van der Waals surface area contributed by atoms with E-state index >= 15 is 0 Å². The Morgan fingerprint density at radius 3 is 1.29 bits per heavy atom.